The number of hydrogen-bond donors (Lipinski definition) is 1. The normalized spacial score (nSPS) is 13.0. The molecule has 8 rings (SSSR count). The van der Waals surface area contributed by atoms with Crippen LogP contribution in [-0.4, -0.2) is 21.1 Å². The first-order valence-corrected chi connectivity index (χ1v) is 13.9. The summed E-state index contributed by atoms with van der Waals surface area (Å²) in [6, 6.07) is 35.1. The van der Waals surface area contributed by atoms with Gasteiger partial charge >= 0.3 is 0 Å². The number of dihydropyridines is 1. The molecule has 41 heavy (non-hydrogen) atoms. The van der Waals surface area contributed by atoms with E-state index in [0.717, 1.165) is 34.5 Å². The van der Waals surface area contributed by atoms with Crippen molar-refractivity contribution in [1.82, 2.24) is 19.9 Å². The number of hydrogen-bond acceptors (Lipinski definition) is 3. The van der Waals surface area contributed by atoms with Crippen molar-refractivity contribution in [3.8, 4) is 27.9 Å². The molecule has 4 heteroatoms. The Balaban J connectivity index is 1.34. The van der Waals surface area contributed by atoms with Gasteiger partial charge in [-0.15, -0.1) is 0 Å². The molecule has 0 aliphatic carbocycles. The number of allylic oxidation sites excluding steroid dienone is 2. The molecule has 4 aromatic carbocycles. The van der Waals surface area contributed by atoms with Crippen LogP contribution in [0.1, 0.15) is 5.56 Å². The van der Waals surface area contributed by atoms with Crippen molar-refractivity contribution in [3.63, 3.8) is 0 Å². The second kappa shape index (κ2) is 9.61. The smallest absolute Gasteiger partial charge is 0.0619 e. The van der Waals surface area contributed by atoms with Gasteiger partial charge in [0.05, 0.1) is 11.0 Å². The number of para-hydroxylation sites is 1. The minimum Gasteiger partial charge on any atom is -0.387 e. The first-order chi connectivity index (χ1) is 20.3. The number of aromatic nitrogens is 3. The maximum Gasteiger partial charge on any atom is 0.0619 e. The highest BCUT2D eigenvalue weighted by molar-refractivity contribution is 6.19. The van der Waals surface area contributed by atoms with E-state index in [9.17, 15) is 0 Å². The van der Waals surface area contributed by atoms with Gasteiger partial charge in [-0.25, -0.2) is 0 Å². The van der Waals surface area contributed by atoms with Crippen LogP contribution in [0.5, 0.6) is 0 Å². The van der Waals surface area contributed by atoms with Gasteiger partial charge in [0, 0.05) is 64.3 Å². The van der Waals surface area contributed by atoms with Crippen LogP contribution in [-0.2, 0) is 0 Å². The lowest BCUT2D eigenvalue weighted by Gasteiger charge is -2.12. The fraction of sp³-hybridized carbons (Fsp3) is 0.0270. The molecule has 7 aromatic rings. The van der Waals surface area contributed by atoms with E-state index in [-0.39, 0.29) is 0 Å². The van der Waals surface area contributed by atoms with E-state index in [2.05, 4.69) is 117 Å². The Morgan fingerprint density at radius 2 is 1.39 bits per heavy atom. The molecule has 0 amide bonds. The Kier molecular flexibility index (Phi) is 5.49. The molecule has 0 atom stereocenters. The first kappa shape index (κ1) is 23.4. The average Bonchev–Trinajstić information content (AvgIpc) is 3.40. The van der Waals surface area contributed by atoms with E-state index in [0.29, 0.717) is 0 Å². The standard InChI is InChI=1S/C37H26N4/c1-2-4-32(5-3-1)41-36-22-28(25-12-16-38-17-13-25)7-10-34(36)35-11-8-29-20-27(6-9-33(29)37(35)41)31-21-30(23-40-24-31)26-14-18-39-19-15-26/h1-16,18-24,38H,17H2. The molecule has 1 N–H and O–H groups in total. The van der Waals surface area contributed by atoms with Gasteiger partial charge < -0.3 is 9.88 Å². The number of pyridine rings is 2. The summed E-state index contributed by atoms with van der Waals surface area (Å²) in [5.74, 6) is 0. The zero-order chi connectivity index (χ0) is 27.2. The summed E-state index contributed by atoms with van der Waals surface area (Å²) in [5.41, 5.74) is 10.5. The fourth-order valence-corrected chi connectivity index (χ4v) is 6.01. The van der Waals surface area contributed by atoms with Gasteiger partial charge in [-0.1, -0.05) is 60.7 Å². The summed E-state index contributed by atoms with van der Waals surface area (Å²) in [6.45, 7) is 0.847. The highest BCUT2D eigenvalue weighted by Crippen LogP contribution is 2.39. The molecule has 0 unspecified atom stereocenters. The summed E-state index contributed by atoms with van der Waals surface area (Å²) in [6.07, 6.45) is 13.9. The maximum absolute atomic E-state index is 4.56. The number of fused-ring (bicyclic) bond motifs is 5. The van der Waals surface area contributed by atoms with Crippen LogP contribution in [0, 0.1) is 0 Å². The molecule has 0 bridgehead atoms. The molecule has 0 fully saturated rings. The SMILES string of the molecule is C1=CC(c2ccc3c4ccc5cc(-c6cncc(-c7ccncc7)c6)ccc5c4n(-c4ccccc4)c3c2)=CCN1. The zero-order valence-electron chi connectivity index (χ0n) is 22.3. The van der Waals surface area contributed by atoms with Gasteiger partial charge in [0.15, 0.2) is 0 Å². The molecule has 4 heterocycles. The third-order valence-electron chi connectivity index (χ3n) is 8.00. The van der Waals surface area contributed by atoms with Crippen LogP contribution in [0.25, 0.3) is 66.1 Å². The number of rotatable bonds is 4. The maximum atomic E-state index is 4.56. The van der Waals surface area contributed by atoms with Crippen molar-refractivity contribution < 1.29 is 0 Å². The molecule has 0 spiro atoms. The van der Waals surface area contributed by atoms with Crippen LogP contribution in [0.3, 0.4) is 0 Å². The minimum atomic E-state index is 0.847. The van der Waals surface area contributed by atoms with E-state index < -0.39 is 0 Å². The number of nitrogens with zero attached hydrogens (tertiary/aromatic N) is 3. The van der Waals surface area contributed by atoms with Crippen LogP contribution >= 0.6 is 0 Å². The van der Waals surface area contributed by atoms with Crippen LogP contribution in [0.2, 0.25) is 0 Å². The summed E-state index contributed by atoms with van der Waals surface area (Å²) in [7, 11) is 0. The Bertz CT molecular complexity index is 2140. The summed E-state index contributed by atoms with van der Waals surface area (Å²) >= 11 is 0. The molecule has 3 aromatic heterocycles. The van der Waals surface area contributed by atoms with Crippen molar-refractivity contribution in [2.24, 2.45) is 0 Å². The van der Waals surface area contributed by atoms with Crippen molar-refractivity contribution in [2.75, 3.05) is 6.54 Å². The van der Waals surface area contributed by atoms with Gasteiger partial charge in [-0.05, 0) is 82.4 Å². The lowest BCUT2D eigenvalue weighted by molar-refractivity contribution is 0.976. The average molecular weight is 527 g/mol. The molecule has 1 aliphatic heterocycles. The lowest BCUT2D eigenvalue weighted by atomic mass is 9.98. The molecular formula is C37H26N4. The molecule has 1 aliphatic rings. The van der Waals surface area contributed by atoms with Gasteiger partial charge in [0.25, 0.3) is 0 Å². The largest absolute Gasteiger partial charge is 0.387 e. The predicted molar refractivity (Wildman–Crippen MR) is 170 cm³/mol. The first-order valence-electron chi connectivity index (χ1n) is 13.9. The van der Waals surface area contributed by atoms with Crippen molar-refractivity contribution >= 4 is 38.2 Å². The quantitative estimate of drug-likeness (QED) is 0.250. The molecule has 194 valence electrons. The van der Waals surface area contributed by atoms with Gasteiger partial charge in [0.1, 0.15) is 0 Å². The van der Waals surface area contributed by atoms with Crippen LogP contribution in [0.15, 0.2) is 140 Å². The van der Waals surface area contributed by atoms with E-state index in [1.54, 1.807) is 0 Å². The monoisotopic (exact) mass is 526 g/mol. The lowest BCUT2D eigenvalue weighted by Crippen LogP contribution is -2.08. The number of benzene rings is 4. The Morgan fingerprint density at radius 1 is 0.610 bits per heavy atom. The van der Waals surface area contributed by atoms with Crippen LogP contribution in [0.4, 0.5) is 0 Å². The van der Waals surface area contributed by atoms with E-state index in [4.69, 9.17) is 0 Å². The van der Waals surface area contributed by atoms with Gasteiger partial charge in [0.2, 0.25) is 0 Å². The molecule has 0 saturated heterocycles. The van der Waals surface area contributed by atoms with E-state index >= 15 is 0 Å². The fourth-order valence-electron chi connectivity index (χ4n) is 6.01. The Morgan fingerprint density at radius 3 is 2.22 bits per heavy atom. The highest BCUT2D eigenvalue weighted by atomic mass is 15.0. The van der Waals surface area contributed by atoms with E-state index in [1.165, 1.54) is 43.7 Å². The Labute approximate surface area is 237 Å². The summed E-state index contributed by atoms with van der Waals surface area (Å²) in [4.78, 5) is 8.71. The second-order valence-corrected chi connectivity index (χ2v) is 10.4. The third kappa shape index (κ3) is 4.00. The van der Waals surface area contributed by atoms with Gasteiger partial charge in [-0.2, -0.15) is 0 Å². The highest BCUT2D eigenvalue weighted by Gasteiger charge is 2.17. The van der Waals surface area contributed by atoms with E-state index in [1.807, 2.05) is 43.1 Å². The minimum absolute atomic E-state index is 0.847. The van der Waals surface area contributed by atoms with Crippen molar-refractivity contribution in [1.29, 1.82) is 0 Å². The zero-order valence-corrected chi connectivity index (χ0v) is 22.3. The molecule has 4 nitrogen and oxygen atoms in total. The second-order valence-electron chi connectivity index (χ2n) is 10.4. The Hall–Kier alpha value is -5.48. The topological polar surface area (TPSA) is 42.7 Å². The number of nitrogens with one attached hydrogen (secondary N) is 1. The van der Waals surface area contributed by atoms with Crippen LogP contribution < -0.4 is 5.32 Å². The molecule has 0 radical (unpaired) electrons. The third-order valence-corrected chi connectivity index (χ3v) is 8.00. The van der Waals surface area contributed by atoms with Gasteiger partial charge in [-0.3, -0.25) is 9.97 Å². The molecular weight excluding hydrogens is 500 g/mol. The predicted octanol–water partition coefficient (Wildman–Crippen LogP) is 8.56. The van der Waals surface area contributed by atoms with Crippen molar-refractivity contribution in [2.45, 2.75) is 0 Å². The summed E-state index contributed by atoms with van der Waals surface area (Å²) < 4.78 is 2.42. The summed E-state index contributed by atoms with van der Waals surface area (Å²) in [5, 5.41) is 8.20. The molecule has 0 saturated carbocycles. The van der Waals surface area contributed by atoms with Crippen molar-refractivity contribution in [3.05, 3.63) is 146 Å².